The molecule has 0 fully saturated rings. The molecule has 0 aliphatic rings. The molecule has 63 heavy (non-hydrogen) atoms. The van der Waals surface area contributed by atoms with E-state index in [0.29, 0.717) is 5.78 Å². The molecule has 386 valence electrons. The molecule has 0 aromatic heterocycles. The van der Waals surface area contributed by atoms with E-state index < -0.39 is 0 Å². The Morgan fingerprint density at radius 3 is 0.651 bits per heavy atom. The molecule has 0 rings (SSSR count). The molecule has 1 heteroatoms. The van der Waals surface area contributed by atoms with Crippen LogP contribution in [0.25, 0.3) is 0 Å². The average Bonchev–Trinajstić information content (AvgIpc) is 3.26. The van der Waals surface area contributed by atoms with E-state index in [2.05, 4.69) is 136 Å². The van der Waals surface area contributed by atoms with Crippen LogP contribution in [-0.4, -0.2) is 5.78 Å². The largest absolute Gasteiger partial charge is 0.300 e. The quantitative estimate of drug-likeness (QED) is 0.0625. The molecule has 0 amide bonds. The summed E-state index contributed by atoms with van der Waals surface area (Å²) < 4.78 is 0. The first-order valence-electron chi connectivity index (χ1n) is 27.0. The number of hydrogen-bond acceptors (Lipinski definition) is 1. The Morgan fingerprint density at radius 1 is 0.302 bits per heavy atom. The Labute approximate surface area is 407 Å². The molecular weight excluding hydrogens is 761 g/mol. The summed E-state index contributed by atoms with van der Waals surface area (Å²) in [6, 6.07) is 0. The van der Waals surface area contributed by atoms with Crippen molar-refractivity contribution in [2.45, 2.75) is 310 Å². The highest BCUT2D eigenvalue weighted by Gasteiger charge is 1.91. The van der Waals surface area contributed by atoms with E-state index in [-0.39, 0.29) is 0 Å². The highest BCUT2D eigenvalue weighted by atomic mass is 16.1. The standard InChI is InChI=1S/C9H16O.C8H18.C7H16.2C7H14.C5H10.C4H10.2C3H8.3C3H6/c1-3-4-5-6-7-8-9(2)10;1-3-5-7-8-6-4-2;3*1-3-5-7-6-4-2;1-3-5-4-2;1-3-4-2;5*1-3-2/h3H,1,4-8H2,2H3;3-8H2,1-2H3;3-7H2,1-2H3;2*3H,1,4-7H2,2H3;3H,1,4-5H2,2H3;3-4H2,1-2H3;2*3H2,1-2H3;3*3H,1H2,2H3. The van der Waals surface area contributed by atoms with Crippen molar-refractivity contribution in [1.82, 2.24) is 0 Å². The maximum Gasteiger partial charge on any atom is 0.129 e. The molecule has 0 spiro atoms. The van der Waals surface area contributed by atoms with Gasteiger partial charge in [0.05, 0.1) is 0 Å². The third-order valence-electron chi connectivity index (χ3n) is 7.12. The first-order valence-corrected chi connectivity index (χ1v) is 27.0. The Balaban J connectivity index is -0.0000000462. The van der Waals surface area contributed by atoms with Crippen LogP contribution in [-0.2, 0) is 4.79 Å². The minimum Gasteiger partial charge on any atom is -0.300 e. The second-order valence-electron chi connectivity index (χ2n) is 15.4. The zero-order valence-corrected chi connectivity index (χ0v) is 48.1. The summed E-state index contributed by atoms with van der Waals surface area (Å²) in [6.07, 6.45) is 51.6. The van der Waals surface area contributed by atoms with Crippen molar-refractivity contribution in [1.29, 1.82) is 0 Å². The molecule has 0 aliphatic carbocycles. The number of ketones is 1. The fraction of sp³-hybridized carbons (Fsp3) is 0.758. The fourth-order valence-corrected chi connectivity index (χ4v) is 3.65. The van der Waals surface area contributed by atoms with E-state index in [4.69, 9.17) is 0 Å². The number of carbonyl (C=O) groups excluding carboxylic acids is 1. The van der Waals surface area contributed by atoms with Crippen LogP contribution in [0, 0.1) is 0 Å². The van der Waals surface area contributed by atoms with Gasteiger partial charge >= 0.3 is 0 Å². The average molecular weight is 894 g/mol. The number of unbranched alkanes of at least 4 members (excludes halogenated alkanes) is 20. The number of allylic oxidation sites excluding steroid dienone is 7. The van der Waals surface area contributed by atoms with Crippen LogP contribution in [0.15, 0.2) is 88.6 Å². The lowest BCUT2D eigenvalue weighted by Gasteiger charge is -1.94. The monoisotopic (exact) mass is 893 g/mol. The zero-order chi connectivity index (χ0) is 51.7. The van der Waals surface area contributed by atoms with Crippen LogP contribution in [0.4, 0.5) is 0 Å². The highest BCUT2D eigenvalue weighted by molar-refractivity contribution is 5.75. The van der Waals surface area contributed by atoms with E-state index in [9.17, 15) is 4.79 Å². The molecule has 0 saturated heterocycles. The van der Waals surface area contributed by atoms with Gasteiger partial charge in [-0.15, -0.1) is 46.1 Å². The van der Waals surface area contributed by atoms with Crippen molar-refractivity contribution in [2.75, 3.05) is 0 Å². The molecular formula is C62H132O. The number of rotatable bonds is 26. The third kappa shape index (κ3) is 324. The lowest BCUT2D eigenvalue weighted by Crippen LogP contribution is -1.88. The number of hydrogen-bond donors (Lipinski definition) is 0. The second kappa shape index (κ2) is 145. The van der Waals surface area contributed by atoms with E-state index in [0.717, 1.165) is 32.1 Å². The second-order valence-corrected chi connectivity index (χ2v) is 15.4. The van der Waals surface area contributed by atoms with E-state index in [1.54, 1.807) is 25.2 Å². The lowest BCUT2D eigenvalue weighted by molar-refractivity contribution is -0.117. The topological polar surface area (TPSA) is 17.1 Å². The van der Waals surface area contributed by atoms with Gasteiger partial charge in [-0.05, 0) is 79.1 Å². The van der Waals surface area contributed by atoms with E-state index >= 15 is 0 Å². The van der Waals surface area contributed by atoms with Crippen LogP contribution in [0.1, 0.15) is 310 Å². The lowest BCUT2D eigenvalue weighted by atomic mass is 10.1. The molecule has 0 aliphatic heterocycles. The Kier molecular flexibility index (Phi) is 210. The molecule has 0 heterocycles. The molecule has 1 nitrogen and oxygen atoms in total. The van der Waals surface area contributed by atoms with Gasteiger partial charge in [0.15, 0.2) is 0 Å². The first kappa shape index (κ1) is 91.3. The van der Waals surface area contributed by atoms with Crippen molar-refractivity contribution in [3.05, 3.63) is 88.6 Å². The van der Waals surface area contributed by atoms with Crippen LogP contribution >= 0.6 is 0 Å². The van der Waals surface area contributed by atoms with Crippen molar-refractivity contribution in [2.24, 2.45) is 0 Å². The summed E-state index contributed by atoms with van der Waals surface area (Å²) in [4.78, 5) is 10.5. The molecule has 0 saturated carbocycles. The van der Waals surface area contributed by atoms with Gasteiger partial charge in [0.2, 0.25) is 0 Å². The van der Waals surface area contributed by atoms with Crippen LogP contribution < -0.4 is 0 Å². The van der Waals surface area contributed by atoms with Gasteiger partial charge in [0, 0.05) is 6.42 Å². The molecule has 0 unspecified atom stereocenters. The van der Waals surface area contributed by atoms with E-state index in [1.165, 1.54) is 161 Å². The molecule has 0 aromatic rings. The van der Waals surface area contributed by atoms with Crippen LogP contribution in [0.5, 0.6) is 0 Å². The molecule has 0 radical (unpaired) electrons. The van der Waals surface area contributed by atoms with Crippen molar-refractivity contribution >= 4 is 5.78 Å². The normalized spacial score (nSPS) is 7.95. The van der Waals surface area contributed by atoms with Crippen LogP contribution in [0.2, 0.25) is 0 Å². The number of Topliss-reactive ketones (excluding diaryl/α,β-unsaturated/α-hetero) is 1. The minimum absolute atomic E-state index is 0.304. The summed E-state index contributed by atoms with van der Waals surface area (Å²) in [7, 11) is 0. The van der Waals surface area contributed by atoms with Crippen molar-refractivity contribution in [3.63, 3.8) is 0 Å². The molecule has 0 atom stereocenters. The van der Waals surface area contributed by atoms with Gasteiger partial charge in [-0.1, -0.05) is 267 Å². The summed E-state index contributed by atoms with van der Waals surface area (Å²) in [5, 5.41) is 0. The summed E-state index contributed by atoms with van der Waals surface area (Å²) >= 11 is 0. The Morgan fingerprint density at radius 2 is 0.492 bits per heavy atom. The third-order valence-corrected chi connectivity index (χ3v) is 7.12. The van der Waals surface area contributed by atoms with Crippen molar-refractivity contribution < 1.29 is 4.79 Å². The SMILES string of the molecule is C=CC.C=CC.C=CC.C=CCCC.C=CCCCCC.C=CCCCCC.C=CCCCCCC(C)=O.CCC.CCC.CCCC.CCCCCCC.CCCCCCCC. The molecule has 0 bridgehead atoms. The predicted octanol–water partition coefficient (Wildman–Crippen LogP) is 24.7. The van der Waals surface area contributed by atoms with Crippen molar-refractivity contribution in [3.8, 4) is 0 Å². The van der Waals surface area contributed by atoms with Gasteiger partial charge in [-0.25, -0.2) is 0 Å². The van der Waals surface area contributed by atoms with Gasteiger partial charge in [0.25, 0.3) is 0 Å². The van der Waals surface area contributed by atoms with Crippen LogP contribution in [0.3, 0.4) is 0 Å². The fourth-order valence-electron chi connectivity index (χ4n) is 3.65. The van der Waals surface area contributed by atoms with Gasteiger partial charge in [-0.2, -0.15) is 0 Å². The molecule has 0 N–H and O–H groups in total. The van der Waals surface area contributed by atoms with Gasteiger partial charge in [0.1, 0.15) is 5.78 Å². The van der Waals surface area contributed by atoms with Gasteiger partial charge in [-0.3, -0.25) is 0 Å². The summed E-state index contributed by atoms with van der Waals surface area (Å²) in [6.45, 7) is 60.3. The zero-order valence-electron chi connectivity index (χ0n) is 48.1. The van der Waals surface area contributed by atoms with E-state index in [1.807, 2.05) is 45.1 Å². The smallest absolute Gasteiger partial charge is 0.129 e. The molecule has 0 aromatic carbocycles. The maximum atomic E-state index is 10.5. The highest BCUT2D eigenvalue weighted by Crippen LogP contribution is 2.04. The maximum absolute atomic E-state index is 10.5. The van der Waals surface area contributed by atoms with Gasteiger partial charge < -0.3 is 4.79 Å². The Bertz CT molecular complexity index is 612. The minimum atomic E-state index is 0.304. The summed E-state index contributed by atoms with van der Waals surface area (Å²) in [5.74, 6) is 0.304. The number of carbonyl (C=O) groups is 1. The predicted molar refractivity (Wildman–Crippen MR) is 311 cm³/mol. The summed E-state index contributed by atoms with van der Waals surface area (Å²) in [5.41, 5.74) is 0. The first-order chi connectivity index (χ1) is 30.3. The Hall–Kier alpha value is -2.15.